The monoisotopic (exact) mass is 388 g/mol. The molecule has 3 atom stereocenters. The Bertz CT molecular complexity index is 678. The molecule has 27 heavy (non-hydrogen) atoms. The fraction of sp³-hybridized carbons (Fsp3) is 0.450. The zero-order valence-electron chi connectivity index (χ0n) is 15.8. The number of carbonyl (C=O) groups excluding carboxylic acids is 2. The molecule has 1 aromatic carbocycles. The summed E-state index contributed by atoms with van der Waals surface area (Å²) in [7, 11) is 0. The Kier molecular flexibility index (Phi) is 8.26. The number of hydrogen-bond donors (Lipinski definition) is 4. The molecule has 0 aromatic heterocycles. The van der Waals surface area contributed by atoms with E-state index in [9.17, 15) is 9.59 Å². The van der Waals surface area contributed by atoms with Crippen molar-refractivity contribution in [3.63, 3.8) is 0 Å². The molecule has 0 radical (unpaired) electrons. The van der Waals surface area contributed by atoms with E-state index in [0.29, 0.717) is 23.0 Å². The largest absolute Gasteiger partial charge is 0.358 e. The maximum atomic E-state index is 11.8. The van der Waals surface area contributed by atoms with Gasteiger partial charge in [0.25, 0.3) is 5.91 Å². The summed E-state index contributed by atoms with van der Waals surface area (Å²) in [4.78, 5) is 23.6. The lowest BCUT2D eigenvalue weighted by atomic mass is 9.78. The van der Waals surface area contributed by atoms with E-state index >= 15 is 0 Å². The molecule has 1 aliphatic rings. The Labute approximate surface area is 166 Å². The molecular formula is C20H28N4O2S. The maximum Gasteiger partial charge on any atom is 0.257 e. The number of amides is 2. The van der Waals surface area contributed by atoms with Gasteiger partial charge in [-0.05, 0) is 42.1 Å². The second-order valence-electron chi connectivity index (χ2n) is 6.98. The standard InChI is InChI=1S/C20H28N4O2S/c1-14-7-6-10-17(15(14)2)22-20(27)24-23-19(26)13-21-18(25)12-11-16-8-4-3-5-9-16/h3-5,8-9,11-12,14-15,17H,6-7,10,13H2,1-2H3,(H,21,25)(H,23,26)(H2,22,24,27)/b12-11+/t14-,15+,17-/m0/s1. The van der Waals surface area contributed by atoms with Gasteiger partial charge >= 0.3 is 0 Å². The third-order valence-corrected chi connectivity index (χ3v) is 5.21. The molecule has 0 aliphatic heterocycles. The highest BCUT2D eigenvalue weighted by atomic mass is 32.1. The first-order valence-corrected chi connectivity index (χ1v) is 9.73. The van der Waals surface area contributed by atoms with Gasteiger partial charge in [0.1, 0.15) is 0 Å². The van der Waals surface area contributed by atoms with Crippen LogP contribution in [0.15, 0.2) is 36.4 Å². The van der Waals surface area contributed by atoms with Crippen LogP contribution in [0.1, 0.15) is 38.7 Å². The zero-order valence-corrected chi connectivity index (χ0v) is 16.6. The predicted octanol–water partition coefficient (Wildman–Crippen LogP) is 2.14. The molecule has 1 saturated carbocycles. The summed E-state index contributed by atoms with van der Waals surface area (Å²) < 4.78 is 0. The van der Waals surface area contributed by atoms with Crippen molar-refractivity contribution in [1.29, 1.82) is 0 Å². The Hall–Kier alpha value is -2.41. The average Bonchev–Trinajstić information content (AvgIpc) is 2.67. The number of hydrazine groups is 1. The lowest BCUT2D eigenvalue weighted by Gasteiger charge is -2.35. The summed E-state index contributed by atoms with van der Waals surface area (Å²) >= 11 is 5.24. The molecule has 0 bridgehead atoms. The third kappa shape index (κ3) is 7.38. The summed E-state index contributed by atoms with van der Waals surface area (Å²) in [6, 6.07) is 9.78. The van der Waals surface area contributed by atoms with Gasteiger partial charge in [-0.15, -0.1) is 0 Å². The molecule has 6 nitrogen and oxygen atoms in total. The van der Waals surface area contributed by atoms with Crippen LogP contribution < -0.4 is 21.5 Å². The first kappa shape index (κ1) is 20.9. The number of hydrogen-bond acceptors (Lipinski definition) is 3. The number of benzene rings is 1. The van der Waals surface area contributed by atoms with Crippen LogP contribution in [0.25, 0.3) is 6.08 Å². The topological polar surface area (TPSA) is 82.3 Å². The van der Waals surface area contributed by atoms with Crippen molar-refractivity contribution in [3.05, 3.63) is 42.0 Å². The van der Waals surface area contributed by atoms with Gasteiger partial charge in [0.05, 0.1) is 6.54 Å². The van der Waals surface area contributed by atoms with E-state index in [4.69, 9.17) is 12.2 Å². The number of thiocarbonyl (C=S) groups is 1. The van der Waals surface area contributed by atoms with Crippen LogP contribution in [0.5, 0.6) is 0 Å². The van der Waals surface area contributed by atoms with E-state index in [2.05, 4.69) is 35.3 Å². The summed E-state index contributed by atoms with van der Waals surface area (Å²) in [6.07, 6.45) is 6.59. The highest BCUT2D eigenvalue weighted by molar-refractivity contribution is 7.80. The second kappa shape index (κ2) is 10.7. The van der Waals surface area contributed by atoms with Gasteiger partial charge in [-0.1, -0.05) is 57.0 Å². The SMILES string of the molecule is C[C@H]1[C@@H](NC(=S)NNC(=O)CNC(=O)/C=C/c2ccccc2)CCC[C@@H]1C. The quantitative estimate of drug-likeness (QED) is 0.353. The van der Waals surface area contributed by atoms with Crippen molar-refractivity contribution in [2.45, 2.75) is 39.2 Å². The van der Waals surface area contributed by atoms with E-state index in [0.717, 1.165) is 12.0 Å². The van der Waals surface area contributed by atoms with E-state index in [1.807, 2.05) is 30.3 Å². The molecular weight excluding hydrogens is 360 g/mol. The molecule has 7 heteroatoms. The smallest absolute Gasteiger partial charge is 0.257 e. The average molecular weight is 389 g/mol. The molecule has 2 amide bonds. The number of rotatable bonds is 5. The first-order valence-electron chi connectivity index (χ1n) is 9.32. The van der Waals surface area contributed by atoms with Crippen LogP contribution in [-0.4, -0.2) is 29.5 Å². The van der Waals surface area contributed by atoms with Gasteiger partial charge in [0, 0.05) is 12.1 Å². The lowest BCUT2D eigenvalue weighted by Crippen LogP contribution is -2.53. The molecule has 146 valence electrons. The van der Waals surface area contributed by atoms with E-state index in [1.54, 1.807) is 6.08 Å². The fourth-order valence-electron chi connectivity index (χ4n) is 3.12. The normalized spacial score (nSPS) is 22.1. The predicted molar refractivity (Wildman–Crippen MR) is 111 cm³/mol. The van der Waals surface area contributed by atoms with Crippen LogP contribution >= 0.6 is 12.2 Å². The number of nitrogens with one attached hydrogen (secondary N) is 4. The van der Waals surface area contributed by atoms with Crippen molar-refractivity contribution in [2.24, 2.45) is 11.8 Å². The fourth-order valence-corrected chi connectivity index (χ4v) is 3.33. The molecule has 0 saturated heterocycles. The summed E-state index contributed by atoms with van der Waals surface area (Å²) in [5.41, 5.74) is 6.11. The minimum atomic E-state index is -0.370. The van der Waals surface area contributed by atoms with Crippen molar-refractivity contribution in [2.75, 3.05) is 6.54 Å². The highest BCUT2D eigenvalue weighted by Crippen LogP contribution is 2.29. The molecule has 1 aliphatic carbocycles. The Morgan fingerprint density at radius 3 is 2.63 bits per heavy atom. The summed E-state index contributed by atoms with van der Waals surface area (Å²) in [6.45, 7) is 4.34. The van der Waals surface area contributed by atoms with E-state index < -0.39 is 0 Å². The van der Waals surface area contributed by atoms with Crippen molar-refractivity contribution in [1.82, 2.24) is 21.5 Å². The zero-order chi connectivity index (χ0) is 19.6. The van der Waals surface area contributed by atoms with Crippen LogP contribution in [-0.2, 0) is 9.59 Å². The number of carbonyl (C=O) groups is 2. The van der Waals surface area contributed by atoms with Crippen LogP contribution in [0.4, 0.5) is 0 Å². The summed E-state index contributed by atoms with van der Waals surface area (Å²) in [5.74, 6) is 0.489. The second-order valence-corrected chi connectivity index (χ2v) is 7.39. The lowest BCUT2D eigenvalue weighted by molar-refractivity contribution is -0.124. The molecule has 0 unspecified atom stereocenters. The minimum absolute atomic E-state index is 0.134. The van der Waals surface area contributed by atoms with Gasteiger partial charge in [0.2, 0.25) is 5.91 Å². The van der Waals surface area contributed by atoms with Crippen LogP contribution in [0, 0.1) is 11.8 Å². The molecule has 2 rings (SSSR count). The Morgan fingerprint density at radius 2 is 1.89 bits per heavy atom. The summed E-state index contributed by atoms with van der Waals surface area (Å²) in [5, 5.41) is 6.19. The van der Waals surface area contributed by atoms with Crippen LogP contribution in [0.2, 0.25) is 0 Å². The minimum Gasteiger partial charge on any atom is -0.358 e. The molecule has 1 fully saturated rings. The third-order valence-electron chi connectivity index (χ3n) is 4.99. The van der Waals surface area contributed by atoms with Gasteiger partial charge in [-0.2, -0.15) is 0 Å². The van der Waals surface area contributed by atoms with Gasteiger partial charge < -0.3 is 10.6 Å². The molecule has 4 N–H and O–H groups in total. The Balaban J connectivity index is 1.64. The molecule has 0 heterocycles. The molecule has 1 aromatic rings. The van der Waals surface area contributed by atoms with Crippen molar-refractivity contribution < 1.29 is 9.59 Å². The van der Waals surface area contributed by atoms with Crippen molar-refractivity contribution in [3.8, 4) is 0 Å². The first-order chi connectivity index (χ1) is 13.0. The van der Waals surface area contributed by atoms with E-state index in [-0.39, 0.29) is 18.4 Å². The van der Waals surface area contributed by atoms with Crippen LogP contribution in [0.3, 0.4) is 0 Å². The van der Waals surface area contributed by atoms with E-state index in [1.165, 1.54) is 18.9 Å². The van der Waals surface area contributed by atoms with Crippen molar-refractivity contribution >= 4 is 35.2 Å². The van der Waals surface area contributed by atoms with Gasteiger partial charge in [-0.25, -0.2) is 0 Å². The van der Waals surface area contributed by atoms with Gasteiger partial charge in [-0.3, -0.25) is 20.4 Å². The van der Waals surface area contributed by atoms with Gasteiger partial charge in [0.15, 0.2) is 5.11 Å². The Morgan fingerprint density at radius 1 is 1.15 bits per heavy atom. The maximum absolute atomic E-state index is 11.8. The molecule has 0 spiro atoms. The highest BCUT2D eigenvalue weighted by Gasteiger charge is 2.27.